The van der Waals surface area contributed by atoms with Gasteiger partial charge in [0.25, 0.3) is 10.1 Å². The second-order valence-corrected chi connectivity index (χ2v) is 6.86. The van der Waals surface area contributed by atoms with E-state index in [2.05, 4.69) is 0 Å². The van der Waals surface area contributed by atoms with E-state index in [4.69, 9.17) is 4.55 Å². The van der Waals surface area contributed by atoms with Crippen molar-refractivity contribution in [2.24, 2.45) is 0 Å². The SMILES string of the molecule is O=P[PH](=O)c1ccccc1S(=O)(=O)O. The van der Waals surface area contributed by atoms with Crippen LogP contribution in [0.5, 0.6) is 0 Å². The molecular weight excluding hydrogens is 246 g/mol. The van der Waals surface area contributed by atoms with Gasteiger partial charge >= 0.3 is 0 Å². The van der Waals surface area contributed by atoms with Crippen LogP contribution in [0.15, 0.2) is 29.2 Å². The maximum Gasteiger partial charge on any atom is 0.295 e. The molecule has 0 aliphatic heterocycles. The summed E-state index contributed by atoms with van der Waals surface area (Å²) >= 11 is 0. The van der Waals surface area contributed by atoms with Crippen molar-refractivity contribution < 1.29 is 22.1 Å². The van der Waals surface area contributed by atoms with Gasteiger partial charge in [-0.1, -0.05) is 12.1 Å². The summed E-state index contributed by atoms with van der Waals surface area (Å²) in [7, 11) is -7.73. The molecule has 1 atom stereocenters. The molecule has 0 spiro atoms. The molecule has 0 aliphatic rings. The van der Waals surface area contributed by atoms with Crippen LogP contribution in [0.2, 0.25) is 0 Å². The van der Waals surface area contributed by atoms with Crippen molar-refractivity contribution in [3.05, 3.63) is 24.3 Å². The highest BCUT2D eigenvalue weighted by atomic mass is 32.2. The Kier molecular flexibility index (Phi) is 3.56. The van der Waals surface area contributed by atoms with Gasteiger partial charge in [-0.25, -0.2) is 0 Å². The molecule has 0 heterocycles. The molecule has 14 heavy (non-hydrogen) atoms. The molecule has 0 fully saturated rings. The second kappa shape index (κ2) is 4.32. The van der Waals surface area contributed by atoms with Crippen molar-refractivity contribution in [2.45, 2.75) is 4.90 Å². The van der Waals surface area contributed by atoms with Gasteiger partial charge in [-0.3, -0.25) is 9.12 Å². The molecule has 8 heteroatoms. The van der Waals surface area contributed by atoms with E-state index in [9.17, 15) is 17.5 Å². The zero-order valence-corrected chi connectivity index (χ0v) is 9.46. The number of benzene rings is 1. The predicted octanol–water partition coefficient (Wildman–Crippen LogP) is 1.32. The third kappa shape index (κ3) is 2.49. The summed E-state index contributed by atoms with van der Waals surface area (Å²) in [4.78, 5) is -0.452. The van der Waals surface area contributed by atoms with Crippen molar-refractivity contribution in [1.82, 2.24) is 0 Å². The average Bonchev–Trinajstić information content (AvgIpc) is 2.15. The molecular formula is C6H6O5P2S. The molecule has 1 rings (SSSR count). The summed E-state index contributed by atoms with van der Waals surface area (Å²) in [5.41, 5.74) is 0. The first kappa shape index (κ1) is 11.5. The molecule has 0 aliphatic carbocycles. The molecule has 5 nitrogen and oxygen atoms in total. The molecule has 0 saturated carbocycles. The molecule has 1 aromatic carbocycles. The van der Waals surface area contributed by atoms with Crippen LogP contribution in [0.3, 0.4) is 0 Å². The monoisotopic (exact) mass is 252 g/mol. The van der Waals surface area contributed by atoms with Gasteiger partial charge < -0.3 is 4.57 Å². The Hall–Kier alpha value is -0.540. The van der Waals surface area contributed by atoms with E-state index in [1.165, 1.54) is 18.2 Å². The third-order valence-corrected chi connectivity index (χ3v) is 4.85. The Morgan fingerprint density at radius 1 is 1.29 bits per heavy atom. The lowest BCUT2D eigenvalue weighted by Crippen LogP contribution is -2.10. The Morgan fingerprint density at radius 3 is 2.36 bits per heavy atom. The van der Waals surface area contributed by atoms with E-state index in [1.807, 2.05) is 0 Å². The third-order valence-electron chi connectivity index (χ3n) is 1.48. The van der Waals surface area contributed by atoms with Gasteiger partial charge in [-0.2, -0.15) is 8.42 Å². The highest BCUT2D eigenvalue weighted by Gasteiger charge is 2.18. The highest BCUT2D eigenvalue weighted by molar-refractivity contribution is 8.13. The molecule has 0 aromatic heterocycles. The molecule has 76 valence electrons. The van der Waals surface area contributed by atoms with Gasteiger partial charge in [0.1, 0.15) is 4.90 Å². The average molecular weight is 252 g/mol. The Labute approximate surface area is 82.8 Å². The quantitative estimate of drug-likeness (QED) is 0.647. The van der Waals surface area contributed by atoms with Crippen molar-refractivity contribution in [3.8, 4) is 0 Å². The zero-order chi connectivity index (χ0) is 10.8. The van der Waals surface area contributed by atoms with E-state index in [1.54, 1.807) is 0 Å². The van der Waals surface area contributed by atoms with E-state index in [0.29, 0.717) is 0 Å². The molecule has 1 unspecified atom stereocenters. The van der Waals surface area contributed by atoms with Gasteiger partial charge in [0.2, 0.25) is 8.15 Å². The van der Waals surface area contributed by atoms with Crippen LogP contribution in [-0.4, -0.2) is 13.0 Å². The molecule has 1 aromatic rings. The van der Waals surface area contributed by atoms with Gasteiger partial charge in [0.05, 0.1) is 0 Å². The lowest BCUT2D eigenvalue weighted by Gasteiger charge is -2.01. The van der Waals surface area contributed by atoms with Gasteiger partial charge in [-0.05, 0) is 12.1 Å². The maximum absolute atomic E-state index is 11.2. The van der Waals surface area contributed by atoms with Crippen molar-refractivity contribution in [2.75, 3.05) is 0 Å². The van der Waals surface area contributed by atoms with Crippen LogP contribution in [0.1, 0.15) is 0 Å². The van der Waals surface area contributed by atoms with Gasteiger partial charge in [-0.15, -0.1) is 0 Å². The van der Waals surface area contributed by atoms with Crippen LogP contribution in [0.25, 0.3) is 0 Å². The minimum absolute atomic E-state index is 0.100. The van der Waals surface area contributed by atoms with Crippen LogP contribution >= 0.6 is 15.6 Å². The summed E-state index contributed by atoms with van der Waals surface area (Å²) in [6, 6.07) is 5.20. The number of hydrogen-bond donors (Lipinski definition) is 1. The van der Waals surface area contributed by atoms with E-state index in [0.717, 1.165) is 6.07 Å². The summed E-state index contributed by atoms with van der Waals surface area (Å²) in [5, 5.41) is -0.100. The number of hydrogen-bond acceptors (Lipinski definition) is 4. The molecule has 0 amide bonds. The topological polar surface area (TPSA) is 88.5 Å². The van der Waals surface area contributed by atoms with E-state index >= 15 is 0 Å². The van der Waals surface area contributed by atoms with Gasteiger partial charge in [0, 0.05) is 5.30 Å². The standard InChI is InChI=1S/C6H6O5P2S/c7-12-13(8)5-3-1-2-4-6(5)14(9,10)11/h1-4,13H,(H,9,10,11). The fraction of sp³-hybridized carbons (Fsp3) is 0. The van der Waals surface area contributed by atoms with Crippen LogP contribution in [0.4, 0.5) is 0 Å². The Balaban J connectivity index is 3.45. The lowest BCUT2D eigenvalue weighted by atomic mass is 10.4. The smallest absolute Gasteiger partial charge is 0.295 e. The van der Waals surface area contributed by atoms with Crippen molar-refractivity contribution >= 4 is 31.1 Å². The van der Waals surface area contributed by atoms with E-state index in [-0.39, 0.29) is 5.30 Å². The Morgan fingerprint density at radius 2 is 1.86 bits per heavy atom. The summed E-state index contributed by atoms with van der Waals surface area (Å²) in [5.74, 6) is 0. The largest absolute Gasteiger partial charge is 0.309 e. The highest BCUT2D eigenvalue weighted by Crippen LogP contribution is 2.36. The molecule has 0 radical (unpaired) electrons. The minimum Gasteiger partial charge on any atom is -0.309 e. The second-order valence-electron chi connectivity index (χ2n) is 2.37. The molecule has 1 N–H and O–H groups in total. The summed E-state index contributed by atoms with van der Waals surface area (Å²) in [6.07, 6.45) is 0. The first-order valence-electron chi connectivity index (χ1n) is 3.41. The Bertz CT molecular complexity index is 481. The predicted molar refractivity (Wildman–Crippen MR) is 52.5 cm³/mol. The van der Waals surface area contributed by atoms with Crippen LogP contribution < -0.4 is 5.30 Å². The lowest BCUT2D eigenvalue weighted by molar-refractivity contribution is 0.483. The fourth-order valence-electron chi connectivity index (χ4n) is 0.917. The molecule has 0 saturated heterocycles. The zero-order valence-electron chi connectivity index (χ0n) is 6.75. The number of rotatable bonds is 3. The molecule has 0 bridgehead atoms. The summed E-state index contributed by atoms with van der Waals surface area (Å²) < 4.78 is 51.9. The normalized spacial score (nSPS) is 14.1. The maximum atomic E-state index is 11.2. The fourth-order valence-corrected chi connectivity index (χ4v) is 3.92. The van der Waals surface area contributed by atoms with Crippen molar-refractivity contribution in [1.29, 1.82) is 0 Å². The first-order chi connectivity index (χ1) is 6.46. The summed E-state index contributed by atoms with van der Waals surface area (Å²) in [6.45, 7) is 0. The van der Waals surface area contributed by atoms with Crippen LogP contribution in [0, 0.1) is 0 Å². The van der Waals surface area contributed by atoms with Crippen molar-refractivity contribution in [3.63, 3.8) is 0 Å². The minimum atomic E-state index is -4.41. The van der Waals surface area contributed by atoms with E-state index < -0.39 is 30.7 Å². The van der Waals surface area contributed by atoms with Crippen LogP contribution in [-0.2, 0) is 19.2 Å². The first-order valence-corrected chi connectivity index (χ1v) is 7.91. The van der Waals surface area contributed by atoms with Gasteiger partial charge in [0.15, 0.2) is 7.49 Å².